The molecule has 2 aliphatic heterocycles. The van der Waals surface area contributed by atoms with E-state index in [0.717, 1.165) is 35.1 Å². The molecule has 68 heavy (non-hydrogen) atoms. The summed E-state index contributed by atoms with van der Waals surface area (Å²) in [7, 11) is 0. The molecule has 2 saturated heterocycles. The Kier molecular flexibility index (Phi) is 13.7. The van der Waals surface area contributed by atoms with Crippen LogP contribution in [0.3, 0.4) is 0 Å². The standard InChI is InChI=1S/C54H54F2N6O6/c55-39-19-11-33(12-20-39)23-25-57-49(63)43-29-61(30-44(43)50(64)58-26-24-34-13-21-40(56)22-14-34)53(67)37-15-17-38(18-16-37)54(68)62-31-45(51(65)59-47-27-41(47)35-7-3-1-4-8-35)46(32-62)52(66)60-48-28-42(48)36-9-5-2-6-10-36/h1-22,41-48H,23-32H2,(H,57,63)(H,58,64)(H,59,65)(H,60,66)/t41?,42?,43-,44-,45-,46-,47?,48?/m0/s1. The number of carbonyl (C=O) groups excluding carboxylic acids is 6. The van der Waals surface area contributed by atoms with Gasteiger partial charge < -0.3 is 31.1 Å². The van der Waals surface area contributed by atoms with E-state index < -0.39 is 41.4 Å². The number of hydrogen-bond acceptors (Lipinski definition) is 6. The average molecular weight is 921 g/mol. The Bertz CT molecular complexity index is 2490. The lowest BCUT2D eigenvalue weighted by molar-refractivity contribution is -0.133. The Morgan fingerprint density at radius 3 is 1.13 bits per heavy atom. The maximum atomic E-state index is 14.1. The predicted molar refractivity (Wildman–Crippen MR) is 250 cm³/mol. The first kappa shape index (κ1) is 45.9. The van der Waals surface area contributed by atoms with Gasteiger partial charge in [-0.05, 0) is 96.5 Å². The molecule has 5 aromatic carbocycles. The van der Waals surface area contributed by atoms with Crippen molar-refractivity contribution < 1.29 is 37.5 Å². The van der Waals surface area contributed by atoms with E-state index in [1.54, 1.807) is 24.3 Å². The summed E-state index contributed by atoms with van der Waals surface area (Å²) in [6.07, 6.45) is 2.46. The van der Waals surface area contributed by atoms with Gasteiger partial charge in [-0.1, -0.05) is 84.9 Å². The summed E-state index contributed by atoms with van der Waals surface area (Å²) >= 11 is 0. The first-order valence-corrected chi connectivity index (χ1v) is 23.4. The number of nitrogens with zero attached hydrogens (tertiary/aromatic N) is 2. The largest absolute Gasteiger partial charge is 0.355 e. The van der Waals surface area contributed by atoms with Crippen molar-refractivity contribution in [1.82, 2.24) is 31.1 Å². The molecule has 2 heterocycles. The fraction of sp³-hybridized carbons (Fsp3) is 0.333. The molecule has 4 fully saturated rings. The van der Waals surface area contributed by atoms with E-state index in [1.807, 2.05) is 60.7 Å². The molecule has 0 bridgehead atoms. The molecule has 5 aromatic rings. The fourth-order valence-corrected chi connectivity index (χ4v) is 9.77. The van der Waals surface area contributed by atoms with Crippen molar-refractivity contribution in [3.05, 3.63) is 178 Å². The van der Waals surface area contributed by atoms with Gasteiger partial charge in [-0.2, -0.15) is 0 Å². The second kappa shape index (κ2) is 20.3. The third-order valence-corrected chi connectivity index (χ3v) is 13.9. The van der Waals surface area contributed by atoms with Gasteiger partial charge in [-0.3, -0.25) is 28.8 Å². The zero-order valence-electron chi connectivity index (χ0n) is 37.5. The maximum Gasteiger partial charge on any atom is 0.253 e. The number of amides is 6. The van der Waals surface area contributed by atoms with Crippen molar-refractivity contribution in [3.8, 4) is 0 Å². The molecule has 14 heteroatoms. The number of carbonyl (C=O) groups is 6. The quantitative estimate of drug-likeness (QED) is 0.104. The van der Waals surface area contributed by atoms with Gasteiger partial charge in [0.05, 0.1) is 23.7 Å². The van der Waals surface area contributed by atoms with Crippen LogP contribution in [0.1, 0.15) is 67.6 Å². The normalized spacial score (nSPS) is 23.6. The Hall–Kier alpha value is -7.22. The van der Waals surface area contributed by atoms with E-state index in [1.165, 1.54) is 58.3 Å². The van der Waals surface area contributed by atoms with Crippen LogP contribution in [-0.2, 0) is 32.0 Å². The molecule has 12 nitrogen and oxygen atoms in total. The van der Waals surface area contributed by atoms with Crippen LogP contribution in [0.25, 0.3) is 0 Å². The Morgan fingerprint density at radius 1 is 0.441 bits per heavy atom. The smallest absolute Gasteiger partial charge is 0.253 e. The summed E-state index contributed by atoms with van der Waals surface area (Å²) < 4.78 is 26.9. The first-order valence-electron chi connectivity index (χ1n) is 23.4. The van der Waals surface area contributed by atoms with Crippen molar-refractivity contribution in [2.24, 2.45) is 23.7 Å². The van der Waals surface area contributed by atoms with Crippen LogP contribution in [0, 0.1) is 35.3 Å². The highest BCUT2D eigenvalue weighted by atomic mass is 19.1. The van der Waals surface area contributed by atoms with Crippen LogP contribution in [0.5, 0.6) is 0 Å². The fourth-order valence-electron chi connectivity index (χ4n) is 9.77. The molecule has 2 saturated carbocycles. The van der Waals surface area contributed by atoms with Gasteiger partial charge in [0.15, 0.2) is 0 Å². The number of hydrogen-bond donors (Lipinski definition) is 4. The van der Waals surface area contributed by atoms with Crippen molar-refractivity contribution in [2.75, 3.05) is 39.3 Å². The Labute approximate surface area is 393 Å². The SMILES string of the molecule is O=C(NCCc1ccc(F)cc1)[C@H]1CN(C(=O)c2ccc(C(=O)N3C[C@H](C(=O)NC4CC4c4ccccc4)[C@@H](C(=O)NC4CC4c4ccccc4)C3)cc2)C[C@@H]1C(=O)NCCc1ccc(F)cc1. The third-order valence-electron chi connectivity index (χ3n) is 13.9. The van der Waals surface area contributed by atoms with E-state index >= 15 is 0 Å². The van der Waals surface area contributed by atoms with Gasteiger partial charge in [-0.25, -0.2) is 8.78 Å². The minimum atomic E-state index is -0.863. The molecule has 8 atom stereocenters. The van der Waals surface area contributed by atoms with E-state index in [2.05, 4.69) is 21.3 Å². The highest BCUT2D eigenvalue weighted by molar-refractivity contribution is 6.00. The molecule has 2 aliphatic carbocycles. The summed E-state index contributed by atoms with van der Waals surface area (Å²) in [6.45, 7) is 0.515. The second-order valence-corrected chi connectivity index (χ2v) is 18.5. The minimum absolute atomic E-state index is 0.0292. The summed E-state index contributed by atoms with van der Waals surface area (Å²) in [5, 5.41) is 12.1. The molecule has 6 amide bonds. The highest BCUT2D eigenvalue weighted by Gasteiger charge is 2.49. The predicted octanol–water partition coefficient (Wildman–Crippen LogP) is 5.40. The van der Waals surface area contributed by atoms with Crippen LogP contribution in [-0.4, -0.2) is 96.6 Å². The van der Waals surface area contributed by atoms with Crippen LogP contribution in [0.2, 0.25) is 0 Å². The van der Waals surface area contributed by atoms with E-state index in [4.69, 9.17) is 0 Å². The third kappa shape index (κ3) is 10.8. The monoisotopic (exact) mass is 920 g/mol. The number of benzene rings is 5. The van der Waals surface area contributed by atoms with Gasteiger partial charge in [-0.15, -0.1) is 0 Å². The van der Waals surface area contributed by atoms with Crippen molar-refractivity contribution in [2.45, 2.75) is 49.6 Å². The summed E-state index contributed by atoms with van der Waals surface area (Å²) in [5.74, 6) is -5.71. The zero-order valence-corrected chi connectivity index (χ0v) is 37.5. The molecule has 350 valence electrons. The molecule has 9 rings (SSSR count). The summed E-state index contributed by atoms with van der Waals surface area (Å²) in [6, 6.07) is 37.9. The summed E-state index contributed by atoms with van der Waals surface area (Å²) in [5.41, 5.74) is 4.46. The second-order valence-electron chi connectivity index (χ2n) is 18.5. The number of halogens is 2. The van der Waals surface area contributed by atoms with Gasteiger partial charge in [0, 0.05) is 74.3 Å². The van der Waals surface area contributed by atoms with Gasteiger partial charge in [0.2, 0.25) is 23.6 Å². The van der Waals surface area contributed by atoms with Crippen molar-refractivity contribution >= 4 is 35.4 Å². The lowest BCUT2D eigenvalue weighted by Crippen LogP contribution is -2.43. The van der Waals surface area contributed by atoms with Crippen LogP contribution in [0.4, 0.5) is 8.78 Å². The minimum Gasteiger partial charge on any atom is -0.355 e. The van der Waals surface area contributed by atoms with Gasteiger partial charge in [0.1, 0.15) is 11.6 Å². The van der Waals surface area contributed by atoms with E-state index in [9.17, 15) is 37.5 Å². The van der Waals surface area contributed by atoms with Crippen LogP contribution >= 0.6 is 0 Å². The number of nitrogens with one attached hydrogen (secondary N) is 4. The van der Waals surface area contributed by atoms with Crippen LogP contribution < -0.4 is 21.3 Å². The van der Waals surface area contributed by atoms with Crippen LogP contribution in [0.15, 0.2) is 133 Å². The number of rotatable bonds is 16. The molecule has 4 aliphatic rings. The molecular formula is C54H54F2N6O6. The topological polar surface area (TPSA) is 157 Å². The summed E-state index contributed by atoms with van der Waals surface area (Å²) in [4.78, 5) is 86.4. The van der Waals surface area contributed by atoms with Crippen molar-refractivity contribution in [3.63, 3.8) is 0 Å². The lowest BCUT2D eigenvalue weighted by atomic mass is 9.94. The van der Waals surface area contributed by atoms with E-state index in [0.29, 0.717) is 12.8 Å². The maximum absolute atomic E-state index is 14.1. The molecule has 4 unspecified atom stereocenters. The number of likely N-dealkylation sites (tertiary alicyclic amines) is 2. The first-order chi connectivity index (χ1) is 33.0. The molecule has 4 N–H and O–H groups in total. The lowest BCUT2D eigenvalue weighted by Gasteiger charge is -2.18. The molecule has 0 spiro atoms. The Balaban J connectivity index is 0.849. The zero-order chi connectivity index (χ0) is 47.3. The molecule has 0 aromatic heterocycles. The Morgan fingerprint density at radius 2 is 0.779 bits per heavy atom. The van der Waals surface area contributed by atoms with E-state index in [-0.39, 0.29) is 104 Å². The van der Waals surface area contributed by atoms with Gasteiger partial charge >= 0.3 is 0 Å². The average Bonchev–Trinajstić information content (AvgIpc) is 4.20. The highest BCUT2D eigenvalue weighted by Crippen LogP contribution is 2.43. The van der Waals surface area contributed by atoms with Gasteiger partial charge in [0.25, 0.3) is 11.8 Å². The molecular weight excluding hydrogens is 867 g/mol. The molecule has 0 radical (unpaired) electrons. The van der Waals surface area contributed by atoms with Crippen molar-refractivity contribution in [1.29, 1.82) is 0 Å².